The minimum absolute atomic E-state index is 0.00340. The van der Waals surface area contributed by atoms with Gasteiger partial charge in [-0.05, 0) is 83.6 Å². The number of cyclic esters (lactones) is 2. The van der Waals surface area contributed by atoms with Gasteiger partial charge in [-0.3, -0.25) is 24.0 Å². The number of amides is 5. The van der Waals surface area contributed by atoms with Crippen molar-refractivity contribution in [1.29, 1.82) is 0 Å². The summed E-state index contributed by atoms with van der Waals surface area (Å²) in [6.07, 6.45) is -7.07. The molecule has 10 unspecified atom stereocenters. The number of hydrogen-bond acceptors (Lipinski definition) is 30. The number of thiazole rings is 5. The first-order chi connectivity index (χ1) is 48.8. The fraction of sp³-hybridized carbons (Fsp3) is 0.348. The minimum atomic E-state index is -1.91. The Balaban J connectivity index is 0.959. The van der Waals surface area contributed by atoms with E-state index in [0.29, 0.717) is 16.7 Å². The van der Waals surface area contributed by atoms with Crippen molar-refractivity contribution < 1.29 is 87.6 Å². The Morgan fingerprint density at radius 3 is 2.23 bits per heavy atom. The number of esters is 2. The molecule has 10 atom stereocenters. The summed E-state index contributed by atoms with van der Waals surface area (Å²) in [6.45, 7) is 4.53. The van der Waals surface area contributed by atoms with Crippen molar-refractivity contribution in [1.82, 2.24) is 66.1 Å². The van der Waals surface area contributed by atoms with Gasteiger partial charge in [-0.25, -0.2) is 39.5 Å². The number of methoxy groups -OCH3 is 1. The maximum atomic E-state index is 15.2. The molecule has 4 aliphatic rings. The molecule has 1 fully saturated rings. The SMILES string of the molecule is CO/C(C)=C1/NC(=O)C(C(C)O)NC(=O)c2csc(n2)-c2cc(O)c(-c3nc(C(=O)NCCc4ccc(O)cc4)cs3)nc2-c2csc(n2)C2COC(=O)c3c4c5c(cccc5n3O)COC(=O)C(OC3CC(C)(O)C(N(C)C)C(C)O3)C(OC4)C(NC(=O)c3csc1n3)c1nc(cs1)C(=O)N2. The molecule has 532 valence electrons. The van der Waals surface area contributed by atoms with Crippen LogP contribution in [0.4, 0.5) is 0 Å². The van der Waals surface area contributed by atoms with Gasteiger partial charge in [-0.15, -0.1) is 56.7 Å². The molecule has 31 nitrogen and oxygen atoms in total. The monoisotopic (exact) mass is 1490 g/mol. The number of fused-ring (bicyclic) bond motifs is 15. The lowest BCUT2D eigenvalue weighted by molar-refractivity contribution is -0.280. The maximum absolute atomic E-state index is 15.2. The molecular formula is C66H65N13O18S5. The third kappa shape index (κ3) is 14.2. The predicted octanol–water partition coefficient (Wildman–Crippen LogP) is 5.84. The molecule has 10 N–H and O–H groups in total. The molecule has 13 rings (SSSR count). The van der Waals surface area contributed by atoms with Crippen LogP contribution < -0.4 is 26.6 Å². The molecule has 11 heterocycles. The Bertz CT molecular complexity index is 4810. The Hall–Kier alpha value is -9.73. The number of nitrogens with zero attached hydrogens (tertiary/aromatic N) is 8. The van der Waals surface area contributed by atoms with Gasteiger partial charge < -0.3 is 85.5 Å². The molecule has 2 aromatic carbocycles. The smallest absolute Gasteiger partial charge is 0.358 e. The molecular weight excluding hydrogens is 1420 g/mol. The van der Waals surface area contributed by atoms with Gasteiger partial charge in [0, 0.05) is 56.4 Å². The van der Waals surface area contributed by atoms with Crippen LogP contribution >= 0.6 is 56.7 Å². The first-order valence-electron chi connectivity index (χ1n) is 31.6. The van der Waals surface area contributed by atoms with Gasteiger partial charge >= 0.3 is 11.9 Å². The molecule has 1 saturated heterocycles. The summed E-state index contributed by atoms with van der Waals surface area (Å²) in [4.78, 5) is 133. The minimum Gasteiger partial charge on any atom is -0.508 e. The van der Waals surface area contributed by atoms with Gasteiger partial charge in [0.25, 0.3) is 23.6 Å². The predicted molar refractivity (Wildman–Crippen MR) is 368 cm³/mol. The Morgan fingerprint density at radius 1 is 0.814 bits per heavy atom. The second-order valence-electron chi connectivity index (χ2n) is 24.7. The molecule has 36 heteroatoms. The van der Waals surface area contributed by atoms with Crippen molar-refractivity contribution in [2.24, 2.45) is 0 Å². The lowest BCUT2D eigenvalue weighted by Gasteiger charge is -2.48. The average Bonchev–Trinajstić information content (AvgIpc) is 1.46. The number of nitrogens with one attached hydrogen (secondary N) is 5. The molecule has 102 heavy (non-hydrogen) atoms. The highest BCUT2D eigenvalue weighted by molar-refractivity contribution is 7.14. The molecule has 0 aliphatic carbocycles. The molecule has 0 spiro atoms. The maximum Gasteiger partial charge on any atom is 0.358 e. The van der Waals surface area contributed by atoms with Crippen LogP contribution in [-0.2, 0) is 57.6 Å². The highest BCUT2D eigenvalue weighted by atomic mass is 32.1. The van der Waals surface area contributed by atoms with E-state index in [0.717, 1.165) is 62.2 Å². The summed E-state index contributed by atoms with van der Waals surface area (Å²) in [5, 5.41) is 78.4. The van der Waals surface area contributed by atoms with Gasteiger partial charge in [0.15, 0.2) is 18.1 Å². The number of carbonyl (C=O) groups excluding carboxylic acids is 7. The van der Waals surface area contributed by atoms with Crippen molar-refractivity contribution in [3.05, 3.63) is 141 Å². The Morgan fingerprint density at radius 2 is 1.49 bits per heavy atom. The second kappa shape index (κ2) is 29.0. The van der Waals surface area contributed by atoms with Crippen LogP contribution in [0.1, 0.15) is 130 Å². The van der Waals surface area contributed by atoms with Crippen molar-refractivity contribution in [3.8, 4) is 44.2 Å². The van der Waals surface area contributed by atoms with E-state index in [1.807, 2.05) is 0 Å². The summed E-state index contributed by atoms with van der Waals surface area (Å²) in [6, 6.07) is 7.31. The number of benzene rings is 2. The van der Waals surface area contributed by atoms with E-state index in [1.54, 1.807) is 62.5 Å². The van der Waals surface area contributed by atoms with Crippen LogP contribution in [0, 0.1) is 0 Å². The lowest BCUT2D eigenvalue weighted by atomic mass is 9.85. The molecule has 9 aromatic rings. The van der Waals surface area contributed by atoms with Crippen LogP contribution in [0.25, 0.3) is 49.3 Å². The number of likely N-dealkylation sites (N-methyl/N-ethyl adjacent to an activating group) is 1. The fourth-order valence-electron chi connectivity index (χ4n) is 12.5. The van der Waals surface area contributed by atoms with E-state index >= 15 is 19.2 Å². The standard InChI is InChI=1S/C66H65N13O18S5/c1-27(80)45-58(87)76-46(28(2)92-7)61-72-40(26-100-61)57(86)77-49-51-52(97-43-18-66(4,90)53(78(5)6)29(3)96-43)65(89)94-19-31-9-8-10-41-44(31)34(20-93-51)50(79(41)91)64(88)95-21-35(68-55(84)38-25-102-63(49)73-38)60-69-36(22-99-60)47-33(59-70-39(24-98-59)56(85)75-45)17-42(82)48(74-47)62-71-37(23-101-62)54(83)67-16-15-30-11-13-32(81)14-12-30/h8-14,17,22-27,29,35,43,45,49,51-53,80-82,90-91H,15-16,18-21H2,1-7H3,(H,67,83)(H,68,84)(H,75,85)(H,76,87)(H,77,86)/b46-28+. The number of rotatable bonds is 10. The first-order valence-corrected chi connectivity index (χ1v) is 36.0. The molecule has 4 aliphatic heterocycles. The third-order valence-corrected chi connectivity index (χ3v) is 21.9. The molecule has 0 saturated carbocycles. The summed E-state index contributed by atoms with van der Waals surface area (Å²) < 4.78 is 38.3. The van der Waals surface area contributed by atoms with Crippen LogP contribution in [0.3, 0.4) is 0 Å². The van der Waals surface area contributed by atoms with Crippen molar-refractivity contribution in [2.45, 2.75) is 114 Å². The van der Waals surface area contributed by atoms with Crippen LogP contribution in [-0.4, -0.2) is 189 Å². The number of aromatic nitrogens is 7. The number of aromatic hydroxyl groups is 2. The van der Waals surface area contributed by atoms with Gasteiger partial charge in [0.2, 0.25) is 5.91 Å². The third-order valence-electron chi connectivity index (χ3n) is 17.4. The lowest BCUT2D eigenvalue weighted by Crippen LogP contribution is -2.62. The van der Waals surface area contributed by atoms with Crippen LogP contribution in [0.5, 0.6) is 11.5 Å². The van der Waals surface area contributed by atoms with Crippen molar-refractivity contribution >= 4 is 115 Å². The Kier molecular flexibility index (Phi) is 20.1. The summed E-state index contributed by atoms with van der Waals surface area (Å²) in [7, 11) is 4.86. The number of phenolic OH excluding ortho intramolecular Hbond substituents is 1. The van der Waals surface area contributed by atoms with Crippen LogP contribution in [0.15, 0.2) is 81.2 Å². The second-order valence-corrected chi connectivity index (χ2v) is 29.1. The highest BCUT2D eigenvalue weighted by Crippen LogP contribution is 2.43. The van der Waals surface area contributed by atoms with E-state index in [4.69, 9.17) is 43.4 Å². The first kappa shape index (κ1) is 70.7. The van der Waals surface area contributed by atoms with E-state index in [9.17, 15) is 40.0 Å². The number of carbonyl (C=O) groups is 7. The number of aliphatic hydroxyl groups is 2. The number of ether oxygens (including phenoxy) is 6. The van der Waals surface area contributed by atoms with E-state index in [-0.39, 0.29) is 117 Å². The Labute approximate surface area is 599 Å². The molecule has 5 amide bonds. The zero-order chi connectivity index (χ0) is 72.2. The average molecular weight is 1490 g/mol. The number of hydrogen-bond donors (Lipinski definition) is 10. The topological polar surface area (TPSA) is 422 Å². The zero-order valence-corrected chi connectivity index (χ0v) is 59.2. The quantitative estimate of drug-likeness (QED) is 0.0436. The molecule has 12 bridgehead atoms. The molecule has 0 radical (unpaired) electrons. The van der Waals surface area contributed by atoms with Gasteiger partial charge in [-0.1, -0.05) is 24.3 Å². The van der Waals surface area contributed by atoms with Gasteiger partial charge in [0.1, 0.15) is 125 Å². The summed E-state index contributed by atoms with van der Waals surface area (Å²) in [5.41, 5.74) is -1.46. The number of allylic oxidation sites excluding steroid dienone is 1. The summed E-state index contributed by atoms with van der Waals surface area (Å²) in [5.74, 6) is -6.68. The van der Waals surface area contributed by atoms with Crippen LogP contribution in [0.2, 0.25) is 0 Å². The number of aliphatic hydroxyl groups excluding tert-OH is 1. The highest BCUT2D eigenvalue weighted by Gasteiger charge is 2.50. The number of pyridine rings is 1. The van der Waals surface area contributed by atoms with Gasteiger partial charge in [0.05, 0.1) is 43.1 Å². The van der Waals surface area contributed by atoms with Crippen molar-refractivity contribution in [2.75, 3.05) is 34.4 Å². The summed E-state index contributed by atoms with van der Waals surface area (Å²) >= 11 is 4.66. The van der Waals surface area contributed by atoms with Crippen molar-refractivity contribution in [3.63, 3.8) is 0 Å². The largest absolute Gasteiger partial charge is 0.508 e. The number of phenols is 1. The van der Waals surface area contributed by atoms with E-state index in [1.165, 1.54) is 66.7 Å². The zero-order valence-electron chi connectivity index (χ0n) is 55.1. The van der Waals surface area contributed by atoms with E-state index < -0.39 is 133 Å². The molecule has 7 aromatic heterocycles. The normalized spacial score (nSPS) is 23.6. The van der Waals surface area contributed by atoms with E-state index in [2.05, 4.69) is 41.5 Å². The fourth-order valence-corrected chi connectivity index (χ4v) is 16.7. The van der Waals surface area contributed by atoms with Gasteiger partial charge in [-0.2, -0.15) is 4.73 Å².